The molecule has 0 radical (unpaired) electrons. The molecule has 2 aromatic heterocycles. The maximum absolute atomic E-state index is 9.05. The lowest BCUT2D eigenvalue weighted by Crippen LogP contribution is -2.22. The normalized spacial score (nSPS) is 10.5. The van der Waals surface area contributed by atoms with Gasteiger partial charge in [-0.15, -0.1) is 11.3 Å². The molecule has 6 heteroatoms. The number of nitrogens with zero attached hydrogens (tertiary/aromatic N) is 1. The van der Waals surface area contributed by atoms with Crippen molar-refractivity contribution in [3.63, 3.8) is 0 Å². The van der Waals surface area contributed by atoms with Crippen molar-refractivity contribution >= 4 is 51.0 Å². The van der Waals surface area contributed by atoms with E-state index >= 15 is 0 Å². The predicted molar refractivity (Wildman–Crippen MR) is 128 cm³/mol. The van der Waals surface area contributed by atoms with Gasteiger partial charge in [0.2, 0.25) is 0 Å². The van der Waals surface area contributed by atoms with Crippen LogP contribution in [0.15, 0.2) is 36.5 Å². The minimum Gasteiger partial charge on any atom is -0.396 e. The molecular weight excluding hydrogens is 404 g/mol. The molecule has 0 spiro atoms. The molecule has 0 atom stereocenters. The summed E-state index contributed by atoms with van der Waals surface area (Å²) in [5.74, 6) is 0. The van der Waals surface area contributed by atoms with E-state index in [2.05, 4.69) is 47.1 Å². The second kappa shape index (κ2) is 10.8. The molecule has 150 valence electrons. The zero-order valence-corrected chi connectivity index (χ0v) is 19.4. The number of nitrogens with one attached hydrogen (secondary N) is 1. The molecule has 3 aromatic rings. The van der Waals surface area contributed by atoms with Gasteiger partial charge in [0, 0.05) is 42.2 Å². The number of aliphatic hydroxyl groups excluding tert-OH is 1. The molecule has 28 heavy (non-hydrogen) atoms. The third-order valence-electron chi connectivity index (χ3n) is 4.30. The highest BCUT2D eigenvalue weighted by Crippen LogP contribution is 2.29. The summed E-state index contributed by atoms with van der Waals surface area (Å²) in [4.78, 5) is 3.07. The van der Waals surface area contributed by atoms with Gasteiger partial charge in [-0.3, -0.25) is 0 Å². The van der Waals surface area contributed by atoms with E-state index in [-0.39, 0.29) is 6.61 Å². The van der Waals surface area contributed by atoms with Crippen molar-refractivity contribution in [2.24, 2.45) is 7.05 Å². The maximum atomic E-state index is 9.05. The van der Waals surface area contributed by atoms with Gasteiger partial charge >= 0.3 is 0 Å². The third-order valence-corrected chi connectivity index (χ3v) is 6.38. The summed E-state index contributed by atoms with van der Waals surface area (Å²) >= 11 is 13.1. The van der Waals surface area contributed by atoms with Crippen LogP contribution in [0.2, 0.25) is 0 Å². The summed E-state index contributed by atoms with van der Waals surface area (Å²) in [7, 11) is 2.02. The van der Waals surface area contributed by atoms with Crippen molar-refractivity contribution in [1.82, 2.24) is 9.88 Å². The first-order chi connectivity index (χ1) is 13.5. The topological polar surface area (TPSA) is 37.2 Å². The minimum absolute atomic E-state index is 0.208. The largest absolute Gasteiger partial charge is 0.396 e. The lowest BCUT2D eigenvalue weighted by atomic mass is 10.1. The van der Waals surface area contributed by atoms with Crippen molar-refractivity contribution in [3.05, 3.63) is 62.6 Å². The number of hydrogen-bond donors (Lipinski definition) is 2. The Hall–Kier alpha value is -1.60. The molecule has 0 aliphatic rings. The Morgan fingerprint density at radius 3 is 2.54 bits per heavy atom. The minimum atomic E-state index is 0.208. The van der Waals surface area contributed by atoms with Gasteiger partial charge in [-0.25, -0.2) is 0 Å². The van der Waals surface area contributed by atoms with Crippen LogP contribution in [-0.2, 0) is 20.0 Å². The van der Waals surface area contributed by atoms with Crippen molar-refractivity contribution < 1.29 is 5.11 Å². The van der Waals surface area contributed by atoms with Gasteiger partial charge < -0.3 is 15.0 Å². The third kappa shape index (κ3) is 5.47. The van der Waals surface area contributed by atoms with E-state index in [4.69, 9.17) is 29.5 Å². The van der Waals surface area contributed by atoms with Crippen LogP contribution in [0.1, 0.15) is 41.8 Å². The van der Waals surface area contributed by atoms with Crippen molar-refractivity contribution in [2.45, 2.75) is 40.2 Å². The molecule has 0 bridgehead atoms. The van der Waals surface area contributed by atoms with Gasteiger partial charge in [0.25, 0.3) is 0 Å². The Kier molecular flexibility index (Phi) is 8.76. The molecule has 0 saturated heterocycles. The first-order valence-electron chi connectivity index (χ1n) is 9.56. The first-order valence-corrected chi connectivity index (χ1v) is 11.2. The molecule has 0 aliphatic heterocycles. The highest BCUT2D eigenvalue weighted by atomic mass is 32.1. The quantitative estimate of drug-likeness (QED) is 0.490. The van der Waals surface area contributed by atoms with E-state index in [1.54, 1.807) is 11.3 Å². The Labute approximate surface area is 182 Å². The number of hydrogen-bond acceptors (Lipinski definition) is 4. The average Bonchev–Trinajstić information content (AvgIpc) is 3.15. The molecule has 3 rings (SSSR count). The summed E-state index contributed by atoms with van der Waals surface area (Å²) in [5, 5.41) is 13.4. The summed E-state index contributed by atoms with van der Waals surface area (Å²) in [5.41, 5.74) is 3.33. The van der Waals surface area contributed by atoms with Crippen molar-refractivity contribution in [2.75, 3.05) is 6.61 Å². The molecule has 0 saturated carbocycles. The molecule has 3 nitrogen and oxygen atoms in total. The van der Waals surface area contributed by atoms with E-state index in [0.717, 1.165) is 33.1 Å². The zero-order chi connectivity index (χ0) is 20.7. The molecule has 0 aliphatic carbocycles. The van der Waals surface area contributed by atoms with Gasteiger partial charge in [0.1, 0.15) is 9.82 Å². The summed E-state index contributed by atoms with van der Waals surface area (Å²) in [6.07, 6.45) is 3.66. The smallest absolute Gasteiger partial charge is 0.109 e. The van der Waals surface area contributed by atoms with Crippen LogP contribution in [0.5, 0.6) is 0 Å². The first kappa shape index (κ1) is 22.7. The number of fused-ring (bicyclic) bond motifs is 1. The lowest BCUT2D eigenvalue weighted by Gasteiger charge is -2.11. The predicted octanol–water partition coefficient (Wildman–Crippen LogP) is 5.69. The highest BCUT2D eigenvalue weighted by Gasteiger charge is 2.12. The second-order valence-electron chi connectivity index (χ2n) is 6.41. The van der Waals surface area contributed by atoms with Crippen LogP contribution in [-0.4, -0.2) is 21.3 Å². The molecular formula is C22H28N2OS3. The fourth-order valence-electron chi connectivity index (χ4n) is 2.83. The molecule has 0 amide bonds. The number of aromatic nitrogens is 1. The average molecular weight is 433 g/mol. The SMILES string of the molecule is CC.Cc1ccc(CNC(=S)c2cn(C)c3sc(CCCO)cc3c2=S)cc1. The van der Waals surface area contributed by atoms with Crippen molar-refractivity contribution in [1.29, 1.82) is 0 Å². The second-order valence-corrected chi connectivity index (χ2v) is 8.34. The van der Waals surface area contributed by atoms with E-state index in [1.165, 1.54) is 16.0 Å². The standard InChI is InChI=1S/C20H22N2OS3.C2H6/c1-13-5-7-14(8-6-13)11-21-19(25)17-12-22(2)20-16(18(17)24)10-15(26-20)4-3-9-23;1-2/h5-8,10,12,23H,3-4,9,11H2,1-2H3,(H,21,25);1-2H3. The molecule has 2 heterocycles. The lowest BCUT2D eigenvalue weighted by molar-refractivity contribution is 0.289. The number of thiophene rings is 1. The van der Waals surface area contributed by atoms with E-state index < -0.39 is 0 Å². The Morgan fingerprint density at radius 2 is 1.89 bits per heavy atom. The van der Waals surface area contributed by atoms with Crippen molar-refractivity contribution in [3.8, 4) is 0 Å². The van der Waals surface area contributed by atoms with E-state index in [1.807, 2.05) is 27.1 Å². The van der Waals surface area contributed by atoms with Gasteiger partial charge in [-0.2, -0.15) is 0 Å². The van der Waals surface area contributed by atoms with Crippen LogP contribution in [0.25, 0.3) is 10.2 Å². The van der Waals surface area contributed by atoms with Crippen LogP contribution in [0.4, 0.5) is 0 Å². The van der Waals surface area contributed by atoms with Gasteiger partial charge in [-0.05, 0) is 31.4 Å². The van der Waals surface area contributed by atoms with Gasteiger partial charge in [-0.1, -0.05) is 68.1 Å². The van der Waals surface area contributed by atoms with Crippen LogP contribution < -0.4 is 5.32 Å². The summed E-state index contributed by atoms with van der Waals surface area (Å²) in [6.45, 7) is 6.97. The Morgan fingerprint density at radius 1 is 1.21 bits per heavy atom. The van der Waals surface area contributed by atoms with Crippen LogP contribution >= 0.6 is 35.8 Å². The zero-order valence-electron chi connectivity index (χ0n) is 16.9. The number of benzene rings is 1. The highest BCUT2D eigenvalue weighted by molar-refractivity contribution is 7.80. The number of aliphatic hydroxyl groups is 1. The molecule has 0 unspecified atom stereocenters. The molecule has 1 aromatic carbocycles. The van der Waals surface area contributed by atoms with E-state index in [0.29, 0.717) is 11.5 Å². The number of aryl methyl sites for hydroxylation is 3. The monoisotopic (exact) mass is 432 g/mol. The fourth-order valence-corrected chi connectivity index (χ4v) is 4.64. The maximum Gasteiger partial charge on any atom is 0.109 e. The number of thiocarbonyl (C=S) groups is 1. The summed E-state index contributed by atoms with van der Waals surface area (Å²) < 4.78 is 2.89. The molecule has 0 fully saturated rings. The van der Waals surface area contributed by atoms with Gasteiger partial charge in [0.05, 0.1) is 4.51 Å². The Balaban J connectivity index is 0.00000136. The number of rotatable bonds is 6. The van der Waals surface area contributed by atoms with Crippen LogP contribution in [0, 0.1) is 11.4 Å². The Bertz CT molecular complexity index is 987. The van der Waals surface area contributed by atoms with Gasteiger partial charge in [0.15, 0.2) is 0 Å². The molecule has 2 N–H and O–H groups in total. The summed E-state index contributed by atoms with van der Waals surface area (Å²) in [6, 6.07) is 10.6. The van der Waals surface area contributed by atoms with Crippen LogP contribution in [0.3, 0.4) is 0 Å². The number of pyridine rings is 1. The van der Waals surface area contributed by atoms with E-state index in [9.17, 15) is 0 Å². The fraction of sp³-hybridized carbons (Fsp3) is 0.364.